The molecule has 1 heterocycles. The second-order valence-electron chi connectivity index (χ2n) is 2.53. The van der Waals surface area contributed by atoms with Crippen LogP contribution in [0.15, 0.2) is 12.0 Å². The van der Waals surface area contributed by atoms with E-state index >= 15 is 0 Å². The molecule has 8 heteroatoms. The van der Waals surface area contributed by atoms with Gasteiger partial charge in [-0.05, 0) is 0 Å². The number of carbonyl (C=O) groups is 1. The van der Waals surface area contributed by atoms with Crippen molar-refractivity contribution in [3.8, 4) is 0 Å². The molecule has 1 aliphatic heterocycles. The van der Waals surface area contributed by atoms with E-state index in [1.165, 1.54) is 0 Å². The van der Waals surface area contributed by atoms with Gasteiger partial charge in [-0.1, -0.05) is 0 Å². The first kappa shape index (κ1) is 11.0. The Morgan fingerprint density at radius 3 is 2.79 bits per heavy atom. The minimum absolute atomic E-state index is 0.0601. The fraction of sp³-hybridized carbons (Fsp3) is 0.500. The van der Waals surface area contributed by atoms with Gasteiger partial charge in [-0.3, -0.25) is 4.79 Å². The van der Waals surface area contributed by atoms with Gasteiger partial charge < -0.3 is 19.1 Å². The molecular weight excluding hydrogens is 216 g/mol. The van der Waals surface area contributed by atoms with E-state index in [0.717, 1.165) is 6.08 Å². The Labute approximate surface area is 79.7 Å². The minimum atomic E-state index is -4.63. The average molecular weight is 223 g/mol. The molecule has 0 bridgehead atoms. The monoisotopic (exact) mass is 223 g/mol. The third-order valence-corrected chi connectivity index (χ3v) is 2.77. The van der Waals surface area contributed by atoms with E-state index in [1.807, 2.05) is 0 Å². The quantitative estimate of drug-likeness (QED) is 0.448. The van der Waals surface area contributed by atoms with Gasteiger partial charge in [0.1, 0.15) is 22.0 Å². The summed E-state index contributed by atoms with van der Waals surface area (Å²) >= 11 is 0. The lowest BCUT2D eigenvalue weighted by Gasteiger charge is -2.27. The summed E-state index contributed by atoms with van der Waals surface area (Å²) in [7, 11) is -4.63. The molecule has 0 aromatic carbocycles. The molecule has 0 amide bonds. The molecule has 0 saturated heterocycles. The molecule has 80 valence electrons. The van der Waals surface area contributed by atoms with E-state index in [-0.39, 0.29) is 12.4 Å². The molecule has 7 nitrogen and oxygen atoms in total. The van der Waals surface area contributed by atoms with Crippen LogP contribution in [-0.4, -0.2) is 42.5 Å². The van der Waals surface area contributed by atoms with Crippen LogP contribution in [0.5, 0.6) is 0 Å². The van der Waals surface area contributed by atoms with Crippen LogP contribution in [0.2, 0.25) is 0 Å². The van der Waals surface area contributed by atoms with Gasteiger partial charge in [0.15, 0.2) is 0 Å². The highest BCUT2D eigenvalue weighted by atomic mass is 32.2. The average Bonchev–Trinajstić information content (AvgIpc) is 2.02. The zero-order chi connectivity index (χ0) is 10.8. The van der Waals surface area contributed by atoms with Crippen LogP contribution in [0.4, 0.5) is 0 Å². The molecule has 0 spiro atoms. The highest BCUT2D eigenvalue weighted by Gasteiger charge is 2.30. The van der Waals surface area contributed by atoms with Crippen molar-refractivity contribution in [2.45, 2.75) is 11.4 Å². The molecule has 0 aromatic heterocycles. The molecule has 2 atom stereocenters. The van der Waals surface area contributed by atoms with E-state index in [2.05, 4.69) is 9.47 Å². The standard InChI is InChI=1S/C6H8O7S/c7-3-13-6-1-4(8)5(2-12-6)14(9,10)11/h1,3-5,8H,2H2,(H,9,10,11)/p-1/t4-,5?/m0/s1. The van der Waals surface area contributed by atoms with Gasteiger partial charge in [-0.15, -0.1) is 0 Å². The van der Waals surface area contributed by atoms with Crippen LogP contribution >= 0.6 is 0 Å². The van der Waals surface area contributed by atoms with Crippen LogP contribution in [0.1, 0.15) is 0 Å². The predicted octanol–water partition coefficient (Wildman–Crippen LogP) is -1.69. The molecule has 1 unspecified atom stereocenters. The zero-order valence-electron chi connectivity index (χ0n) is 6.82. The lowest BCUT2D eigenvalue weighted by atomic mass is 10.2. The second kappa shape index (κ2) is 3.95. The summed E-state index contributed by atoms with van der Waals surface area (Å²) in [6.07, 6.45) is -0.681. The normalized spacial score (nSPS) is 27.4. The number of carbonyl (C=O) groups excluding carboxylic acids is 1. The summed E-state index contributed by atoms with van der Waals surface area (Å²) in [6, 6.07) is 0. The van der Waals surface area contributed by atoms with Gasteiger partial charge in [0.25, 0.3) is 5.95 Å². The Hall–Kier alpha value is -1.12. The van der Waals surface area contributed by atoms with Crippen LogP contribution in [0.25, 0.3) is 0 Å². The summed E-state index contributed by atoms with van der Waals surface area (Å²) < 4.78 is 40.4. The van der Waals surface area contributed by atoms with Gasteiger partial charge in [-0.2, -0.15) is 0 Å². The number of hydrogen-bond acceptors (Lipinski definition) is 7. The first-order valence-corrected chi connectivity index (χ1v) is 5.00. The molecule has 0 fully saturated rings. The van der Waals surface area contributed by atoms with Gasteiger partial charge in [0.2, 0.25) is 0 Å². The Morgan fingerprint density at radius 1 is 1.71 bits per heavy atom. The largest absolute Gasteiger partial charge is 0.748 e. The van der Waals surface area contributed by atoms with Crippen LogP contribution in [0.3, 0.4) is 0 Å². The van der Waals surface area contributed by atoms with Gasteiger partial charge in [0, 0.05) is 6.08 Å². The first-order chi connectivity index (χ1) is 6.45. The second-order valence-corrected chi connectivity index (χ2v) is 4.12. The summed E-state index contributed by atoms with van der Waals surface area (Å²) in [4.78, 5) is 9.85. The molecule has 0 aromatic rings. The Kier molecular flexibility index (Phi) is 3.09. The number of rotatable bonds is 3. The molecule has 1 N–H and O–H groups in total. The van der Waals surface area contributed by atoms with E-state index < -0.39 is 28.1 Å². The van der Waals surface area contributed by atoms with Crippen molar-refractivity contribution in [1.29, 1.82) is 0 Å². The van der Waals surface area contributed by atoms with Crippen molar-refractivity contribution in [2.24, 2.45) is 0 Å². The van der Waals surface area contributed by atoms with Crippen molar-refractivity contribution >= 4 is 16.6 Å². The highest BCUT2D eigenvalue weighted by molar-refractivity contribution is 7.86. The number of hydrogen-bond donors (Lipinski definition) is 1. The number of aliphatic hydroxyl groups is 1. The molecule has 1 aliphatic rings. The smallest absolute Gasteiger partial charge is 0.300 e. The van der Waals surface area contributed by atoms with Crippen molar-refractivity contribution in [3.05, 3.63) is 12.0 Å². The van der Waals surface area contributed by atoms with Crippen molar-refractivity contribution in [3.63, 3.8) is 0 Å². The maximum absolute atomic E-state index is 10.5. The van der Waals surface area contributed by atoms with Crippen molar-refractivity contribution < 1.29 is 32.3 Å². The zero-order valence-corrected chi connectivity index (χ0v) is 7.64. The fourth-order valence-electron chi connectivity index (χ4n) is 0.933. The van der Waals surface area contributed by atoms with E-state index in [4.69, 9.17) is 0 Å². The number of ether oxygens (including phenoxy) is 2. The Morgan fingerprint density at radius 2 is 2.36 bits per heavy atom. The first-order valence-electron chi connectivity index (χ1n) is 3.53. The third-order valence-electron chi connectivity index (χ3n) is 1.61. The topological polar surface area (TPSA) is 113 Å². The molecule has 0 saturated carbocycles. The van der Waals surface area contributed by atoms with Gasteiger partial charge in [-0.25, -0.2) is 8.42 Å². The highest BCUT2D eigenvalue weighted by Crippen LogP contribution is 2.17. The summed E-state index contributed by atoms with van der Waals surface area (Å²) in [6.45, 7) is -0.475. The maximum atomic E-state index is 10.5. The van der Waals surface area contributed by atoms with Crippen molar-refractivity contribution in [1.82, 2.24) is 0 Å². The van der Waals surface area contributed by atoms with Crippen LogP contribution in [0, 0.1) is 0 Å². The Bertz CT molecular complexity index is 343. The molecular formula is C6H7O7S-. The summed E-state index contributed by atoms with van der Waals surface area (Å²) in [5.41, 5.74) is 0. The molecule has 0 aliphatic carbocycles. The lowest BCUT2D eigenvalue weighted by molar-refractivity contribution is -0.131. The molecule has 1 rings (SSSR count). The van der Waals surface area contributed by atoms with Gasteiger partial charge in [0.05, 0.1) is 6.10 Å². The SMILES string of the molecule is O=COC1=C[C@H](O)C(S(=O)(=O)[O-])CO1. The summed E-state index contributed by atoms with van der Waals surface area (Å²) in [5.74, 6) is -0.313. The van der Waals surface area contributed by atoms with Crippen molar-refractivity contribution in [2.75, 3.05) is 6.61 Å². The van der Waals surface area contributed by atoms with E-state index in [1.54, 1.807) is 0 Å². The summed E-state index contributed by atoms with van der Waals surface area (Å²) in [5, 5.41) is 7.60. The third kappa shape index (κ3) is 2.44. The fourth-order valence-corrected chi connectivity index (χ4v) is 1.59. The van der Waals surface area contributed by atoms with E-state index in [0.29, 0.717) is 0 Å². The minimum Gasteiger partial charge on any atom is -0.748 e. The maximum Gasteiger partial charge on any atom is 0.300 e. The predicted molar refractivity (Wildman–Crippen MR) is 40.7 cm³/mol. The van der Waals surface area contributed by atoms with Crippen LogP contribution in [-0.2, 0) is 24.4 Å². The lowest BCUT2D eigenvalue weighted by Crippen LogP contribution is -2.40. The number of aliphatic hydroxyl groups excluding tert-OH is 1. The Balaban J connectivity index is 2.79. The van der Waals surface area contributed by atoms with E-state index in [9.17, 15) is 22.9 Å². The van der Waals surface area contributed by atoms with Crippen LogP contribution < -0.4 is 0 Å². The van der Waals surface area contributed by atoms with Gasteiger partial charge >= 0.3 is 6.47 Å². The molecule has 0 radical (unpaired) electrons. The molecule has 14 heavy (non-hydrogen) atoms.